The Labute approximate surface area is 151 Å². The maximum Gasteiger partial charge on any atom is 0.303 e. The molecule has 2 N–H and O–H groups in total. The van der Waals surface area contributed by atoms with Crippen molar-refractivity contribution >= 4 is 17.7 Å². The van der Waals surface area contributed by atoms with Crippen LogP contribution in [0, 0.1) is 0 Å². The Balaban J connectivity index is 2.20. The van der Waals surface area contributed by atoms with E-state index in [0.29, 0.717) is 37.1 Å². The molecule has 7 nitrogen and oxygen atoms in total. The van der Waals surface area contributed by atoms with Gasteiger partial charge in [-0.1, -0.05) is 18.6 Å². The second-order valence-corrected chi connectivity index (χ2v) is 6.20. The van der Waals surface area contributed by atoms with E-state index in [0.717, 1.165) is 0 Å². The molecule has 1 atom stereocenters. The molecule has 0 spiro atoms. The van der Waals surface area contributed by atoms with Crippen molar-refractivity contribution in [1.82, 2.24) is 4.90 Å². The van der Waals surface area contributed by atoms with Gasteiger partial charge in [0.2, 0.25) is 0 Å². The summed E-state index contributed by atoms with van der Waals surface area (Å²) in [6.45, 7) is 1.65. The van der Waals surface area contributed by atoms with E-state index in [-0.39, 0.29) is 17.8 Å². The van der Waals surface area contributed by atoms with Gasteiger partial charge in [-0.05, 0) is 37.5 Å². The number of hydrogen-bond donors (Lipinski definition) is 2. The molecule has 1 aliphatic heterocycles. The van der Waals surface area contributed by atoms with Gasteiger partial charge in [0.15, 0.2) is 11.5 Å². The number of aliphatic carboxylic acids is 1. The third-order valence-corrected chi connectivity index (χ3v) is 4.40. The van der Waals surface area contributed by atoms with E-state index in [9.17, 15) is 19.5 Å². The highest BCUT2D eigenvalue weighted by Gasteiger charge is 2.41. The third-order valence-electron chi connectivity index (χ3n) is 4.40. The third kappa shape index (κ3) is 4.22. The number of benzene rings is 1. The first-order valence-electron chi connectivity index (χ1n) is 8.47. The number of carbonyl (C=O) groups excluding carboxylic acids is 2. The van der Waals surface area contributed by atoms with Crippen molar-refractivity contribution in [3.05, 3.63) is 41.2 Å². The molecule has 0 saturated heterocycles. The number of rotatable bonds is 9. The van der Waals surface area contributed by atoms with Crippen molar-refractivity contribution in [3.8, 4) is 5.75 Å². The van der Waals surface area contributed by atoms with E-state index in [2.05, 4.69) is 0 Å². The Morgan fingerprint density at radius 1 is 1.15 bits per heavy atom. The molecule has 0 aromatic heterocycles. The number of methoxy groups -OCH3 is 1. The molecule has 1 aliphatic rings. The number of carbonyl (C=O) groups is 3. The largest absolute Gasteiger partial charge is 0.503 e. The van der Waals surface area contributed by atoms with E-state index in [4.69, 9.17) is 9.84 Å². The summed E-state index contributed by atoms with van der Waals surface area (Å²) in [7, 11) is 1.55. The highest BCUT2D eigenvalue weighted by atomic mass is 16.5. The van der Waals surface area contributed by atoms with Crippen LogP contribution in [-0.4, -0.2) is 46.4 Å². The van der Waals surface area contributed by atoms with Crippen LogP contribution in [0.2, 0.25) is 0 Å². The Morgan fingerprint density at radius 3 is 2.35 bits per heavy atom. The van der Waals surface area contributed by atoms with Crippen LogP contribution < -0.4 is 4.74 Å². The van der Waals surface area contributed by atoms with Crippen LogP contribution in [0.5, 0.6) is 5.75 Å². The van der Waals surface area contributed by atoms with E-state index in [1.807, 2.05) is 0 Å². The van der Waals surface area contributed by atoms with Crippen molar-refractivity contribution in [3.63, 3.8) is 0 Å². The first-order valence-corrected chi connectivity index (χ1v) is 8.47. The molecule has 0 saturated carbocycles. The molecule has 0 unspecified atom stereocenters. The van der Waals surface area contributed by atoms with E-state index < -0.39 is 23.7 Å². The lowest BCUT2D eigenvalue weighted by Gasteiger charge is -2.26. The number of carboxylic acids is 1. The predicted octanol–water partition coefficient (Wildman–Crippen LogP) is 2.62. The molecule has 1 amide bonds. The van der Waals surface area contributed by atoms with Crippen molar-refractivity contribution < 1.29 is 29.3 Å². The quantitative estimate of drug-likeness (QED) is 0.655. The van der Waals surface area contributed by atoms with Crippen LogP contribution in [0.25, 0.3) is 0 Å². The Bertz CT molecular complexity index is 722. The lowest BCUT2D eigenvalue weighted by molar-refractivity contribution is -0.137. The molecule has 1 aromatic carbocycles. The highest BCUT2D eigenvalue weighted by Crippen LogP contribution is 2.38. The molecule has 26 heavy (non-hydrogen) atoms. The van der Waals surface area contributed by atoms with Gasteiger partial charge >= 0.3 is 5.97 Å². The van der Waals surface area contributed by atoms with Gasteiger partial charge in [-0.15, -0.1) is 0 Å². The first-order chi connectivity index (χ1) is 12.4. The highest BCUT2D eigenvalue weighted by molar-refractivity contribution is 6.08. The van der Waals surface area contributed by atoms with Gasteiger partial charge in [-0.3, -0.25) is 14.4 Å². The molecule has 0 bridgehead atoms. The van der Waals surface area contributed by atoms with E-state index >= 15 is 0 Å². The average molecular weight is 361 g/mol. The normalized spacial score (nSPS) is 16.9. The van der Waals surface area contributed by atoms with Crippen LogP contribution in [0.15, 0.2) is 35.6 Å². The fourth-order valence-electron chi connectivity index (χ4n) is 3.11. The number of carboxylic acid groups (broad SMARTS) is 1. The Kier molecular flexibility index (Phi) is 6.38. The van der Waals surface area contributed by atoms with Gasteiger partial charge in [0.25, 0.3) is 5.91 Å². The maximum atomic E-state index is 12.4. The van der Waals surface area contributed by atoms with Gasteiger partial charge in [-0.2, -0.15) is 0 Å². The number of ketones is 1. The maximum absolute atomic E-state index is 12.4. The fraction of sp³-hybridized carbons (Fsp3) is 0.421. The molecular formula is C19H23NO6. The lowest BCUT2D eigenvalue weighted by atomic mass is 9.96. The topological polar surface area (TPSA) is 104 Å². The van der Waals surface area contributed by atoms with Crippen molar-refractivity contribution in [1.29, 1.82) is 0 Å². The van der Waals surface area contributed by atoms with Gasteiger partial charge in [0, 0.05) is 13.0 Å². The van der Waals surface area contributed by atoms with Crippen molar-refractivity contribution in [2.24, 2.45) is 0 Å². The summed E-state index contributed by atoms with van der Waals surface area (Å²) in [6.07, 6.45) is 1.83. The van der Waals surface area contributed by atoms with Crippen LogP contribution in [0.3, 0.4) is 0 Å². The Morgan fingerprint density at radius 2 is 1.81 bits per heavy atom. The minimum atomic E-state index is -0.850. The summed E-state index contributed by atoms with van der Waals surface area (Å²) in [5.74, 6) is -1.64. The van der Waals surface area contributed by atoms with E-state index in [1.54, 1.807) is 31.4 Å². The fourth-order valence-corrected chi connectivity index (χ4v) is 3.11. The standard InChI is InChI=1S/C19H23NO6/c1-12(21)16-17(13-7-9-14(26-2)10-8-13)20(19(25)18(16)24)11-5-3-4-6-15(22)23/h7-10,17,24H,3-6,11H2,1-2H3,(H,22,23)/t17-/m0/s1. The number of unbranched alkanes of at least 4 members (excludes halogenated alkanes) is 2. The number of amides is 1. The second-order valence-electron chi connectivity index (χ2n) is 6.20. The van der Waals surface area contributed by atoms with Gasteiger partial charge < -0.3 is 19.8 Å². The molecule has 0 aliphatic carbocycles. The summed E-state index contributed by atoms with van der Waals surface area (Å²) in [5, 5.41) is 18.8. The summed E-state index contributed by atoms with van der Waals surface area (Å²) in [6, 6.07) is 6.34. The number of aliphatic hydroxyl groups excluding tert-OH is 1. The molecule has 1 aromatic rings. The summed E-state index contributed by atoms with van der Waals surface area (Å²) < 4.78 is 5.13. The number of nitrogens with zero attached hydrogens (tertiary/aromatic N) is 1. The zero-order valence-electron chi connectivity index (χ0n) is 14.9. The predicted molar refractivity (Wildman–Crippen MR) is 93.9 cm³/mol. The van der Waals surface area contributed by atoms with Crippen LogP contribution >= 0.6 is 0 Å². The van der Waals surface area contributed by atoms with Crippen LogP contribution in [0.1, 0.15) is 44.2 Å². The van der Waals surface area contributed by atoms with Crippen LogP contribution in [-0.2, 0) is 14.4 Å². The Hall–Kier alpha value is -2.83. The molecule has 0 radical (unpaired) electrons. The zero-order valence-corrected chi connectivity index (χ0v) is 14.9. The average Bonchev–Trinajstić information content (AvgIpc) is 2.86. The molecule has 0 fully saturated rings. The molecular weight excluding hydrogens is 338 g/mol. The molecule has 1 heterocycles. The molecule has 140 valence electrons. The summed E-state index contributed by atoms with van der Waals surface area (Å²) in [5.41, 5.74) is 0.796. The first kappa shape index (κ1) is 19.5. The molecule has 7 heteroatoms. The van der Waals surface area contributed by atoms with Crippen molar-refractivity contribution in [2.75, 3.05) is 13.7 Å². The lowest BCUT2D eigenvalue weighted by Crippen LogP contribution is -2.32. The number of hydrogen-bond acceptors (Lipinski definition) is 5. The summed E-state index contributed by atoms with van der Waals surface area (Å²) >= 11 is 0. The SMILES string of the molecule is COc1ccc([C@H]2C(C(C)=O)=C(O)C(=O)N2CCCCCC(=O)O)cc1. The van der Waals surface area contributed by atoms with Crippen LogP contribution in [0.4, 0.5) is 0 Å². The van der Waals surface area contributed by atoms with E-state index in [1.165, 1.54) is 11.8 Å². The number of aliphatic hydroxyl groups is 1. The number of Topliss-reactive ketones (excluding diaryl/α,β-unsaturated/α-hetero) is 1. The minimum Gasteiger partial charge on any atom is -0.503 e. The van der Waals surface area contributed by atoms with Gasteiger partial charge in [0.05, 0.1) is 18.7 Å². The smallest absolute Gasteiger partial charge is 0.303 e. The second kappa shape index (κ2) is 8.51. The number of ether oxygens (including phenoxy) is 1. The zero-order chi connectivity index (χ0) is 19.3. The van der Waals surface area contributed by atoms with Crippen molar-refractivity contribution in [2.45, 2.75) is 38.6 Å². The minimum absolute atomic E-state index is 0.0814. The summed E-state index contributed by atoms with van der Waals surface area (Å²) in [4.78, 5) is 36.5. The monoisotopic (exact) mass is 361 g/mol. The van der Waals surface area contributed by atoms with Gasteiger partial charge in [-0.25, -0.2) is 0 Å². The molecule has 2 rings (SSSR count). The van der Waals surface area contributed by atoms with Gasteiger partial charge in [0.1, 0.15) is 5.75 Å².